The number of benzene rings is 3. The number of carbonyl (C=O) groups excluding carboxylic acids is 1. The molecular weight excluding hydrogens is 474 g/mol. The van der Waals surface area contributed by atoms with Crippen LogP contribution in [0.1, 0.15) is 34.9 Å². The van der Waals surface area contributed by atoms with E-state index in [1.165, 1.54) is 0 Å². The van der Waals surface area contributed by atoms with Crippen LogP contribution in [0.15, 0.2) is 94.8 Å². The number of sulfonamides is 1. The second-order valence-corrected chi connectivity index (χ2v) is 10.4. The lowest BCUT2D eigenvalue weighted by Gasteiger charge is -2.24. The highest BCUT2D eigenvalue weighted by Gasteiger charge is 2.40. The van der Waals surface area contributed by atoms with E-state index in [9.17, 15) is 13.2 Å². The molecule has 1 heterocycles. The Hall–Kier alpha value is -2.70. The van der Waals surface area contributed by atoms with Crippen LogP contribution in [0.5, 0.6) is 0 Å². The van der Waals surface area contributed by atoms with E-state index in [1.54, 1.807) is 36.4 Å². The summed E-state index contributed by atoms with van der Waals surface area (Å²) in [6, 6.07) is 21.7. The van der Waals surface area contributed by atoms with Crippen LogP contribution < -0.4 is 4.31 Å². The van der Waals surface area contributed by atoms with Crippen LogP contribution in [0.3, 0.4) is 0 Å². The van der Waals surface area contributed by atoms with E-state index < -0.39 is 15.9 Å². The fourth-order valence-corrected chi connectivity index (χ4v) is 5.92. The molecule has 1 aliphatic rings. The predicted octanol–water partition coefficient (Wildman–Crippen LogP) is 5.94. The predicted molar refractivity (Wildman–Crippen MR) is 127 cm³/mol. The summed E-state index contributed by atoms with van der Waals surface area (Å²) in [6.07, 6.45) is 1.86. The lowest BCUT2D eigenvalue weighted by Crippen LogP contribution is -2.37. The van der Waals surface area contributed by atoms with Gasteiger partial charge in [-0.25, -0.2) is 12.7 Å². The SMILES string of the molecule is C=CC1c2ccc(Br)cc2N(S(=O)(=O)c2ccc(C)cc2)C(=O)C[C@@H]1c1ccccc1. The summed E-state index contributed by atoms with van der Waals surface area (Å²) in [5.41, 5.74) is 3.04. The first-order chi connectivity index (χ1) is 14.8. The molecule has 0 N–H and O–H groups in total. The molecule has 0 fully saturated rings. The van der Waals surface area contributed by atoms with Gasteiger partial charge in [0.15, 0.2) is 0 Å². The van der Waals surface area contributed by atoms with Crippen molar-refractivity contribution in [2.24, 2.45) is 0 Å². The minimum atomic E-state index is -4.09. The molecule has 4 nitrogen and oxygen atoms in total. The van der Waals surface area contributed by atoms with Gasteiger partial charge in [-0.15, -0.1) is 6.58 Å². The first-order valence-electron chi connectivity index (χ1n) is 9.94. The summed E-state index contributed by atoms with van der Waals surface area (Å²) in [5, 5.41) is 0. The highest BCUT2D eigenvalue weighted by molar-refractivity contribution is 9.10. The van der Waals surface area contributed by atoms with Gasteiger partial charge >= 0.3 is 0 Å². The van der Waals surface area contributed by atoms with Crippen LogP contribution in [0.4, 0.5) is 5.69 Å². The van der Waals surface area contributed by atoms with Crippen LogP contribution in [-0.4, -0.2) is 14.3 Å². The maximum absolute atomic E-state index is 13.6. The fraction of sp³-hybridized carbons (Fsp3) is 0.160. The summed E-state index contributed by atoms with van der Waals surface area (Å²) in [4.78, 5) is 13.6. The van der Waals surface area contributed by atoms with Gasteiger partial charge in [-0.1, -0.05) is 76.1 Å². The number of carbonyl (C=O) groups is 1. The van der Waals surface area contributed by atoms with E-state index in [-0.39, 0.29) is 23.2 Å². The normalized spacial score (nSPS) is 18.9. The molecule has 0 saturated heterocycles. The van der Waals surface area contributed by atoms with Gasteiger partial charge in [-0.3, -0.25) is 4.79 Å². The van der Waals surface area contributed by atoms with E-state index in [2.05, 4.69) is 22.5 Å². The first kappa shape index (κ1) is 21.5. The van der Waals surface area contributed by atoms with Gasteiger partial charge in [0.1, 0.15) is 0 Å². The summed E-state index contributed by atoms with van der Waals surface area (Å²) in [6.45, 7) is 5.90. The lowest BCUT2D eigenvalue weighted by molar-refractivity contribution is -0.117. The third-order valence-corrected chi connectivity index (χ3v) is 7.91. The van der Waals surface area contributed by atoms with Crippen LogP contribution in [0.25, 0.3) is 0 Å². The van der Waals surface area contributed by atoms with E-state index in [1.807, 2.05) is 49.4 Å². The number of aryl methyl sites for hydroxylation is 1. The average molecular weight is 496 g/mol. The molecule has 0 aromatic heterocycles. The second kappa shape index (κ2) is 8.44. The van der Waals surface area contributed by atoms with Crippen molar-refractivity contribution in [3.05, 3.63) is 107 Å². The van der Waals surface area contributed by atoms with Crippen molar-refractivity contribution in [3.8, 4) is 0 Å². The Morgan fingerprint density at radius 3 is 2.35 bits per heavy atom. The van der Waals surface area contributed by atoms with Crippen LogP contribution in [0, 0.1) is 6.92 Å². The van der Waals surface area contributed by atoms with Gasteiger partial charge in [0.25, 0.3) is 10.0 Å². The average Bonchev–Trinajstić information content (AvgIpc) is 2.88. The molecule has 3 aromatic rings. The van der Waals surface area contributed by atoms with Gasteiger partial charge in [0.2, 0.25) is 5.91 Å². The molecule has 0 radical (unpaired) electrons. The van der Waals surface area contributed by atoms with Crippen molar-refractivity contribution in [2.45, 2.75) is 30.1 Å². The van der Waals surface area contributed by atoms with Crippen LogP contribution in [-0.2, 0) is 14.8 Å². The first-order valence-corrected chi connectivity index (χ1v) is 12.2. The molecule has 0 spiro atoms. The number of nitrogens with zero attached hydrogens (tertiary/aromatic N) is 1. The second-order valence-electron chi connectivity index (χ2n) is 7.66. The zero-order valence-electron chi connectivity index (χ0n) is 17.0. The molecule has 0 saturated carbocycles. The summed E-state index contributed by atoms with van der Waals surface area (Å²) in [7, 11) is -4.09. The van der Waals surface area contributed by atoms with E-state index in [0.29, 0.717) is 10.2 Å². The lowest BCUT2D eigenvalue weighted by atomic mass is 9.80. The third-order valence-electron chi connectivity index (χ3n) is 5.67. The number of fused-ring (bicyclic) bond motifs is 1. The van der Waals surface area contributed by atoms with Crippen molar-refractivity contribution in [1.82, 2.24) is 0 Å². The minimum Gasteiger partial charge on any atom is -0.273 e. The van der Waals surface area contributed by atoms with Gasteiger partial charge in [-0.2, -0.15) is 0 Å². The maximum Gasteiger partial charge on any atom is 0.270 e. The topological polar surface area (TPSA) is 54.5 Å². The highest BCUT2D eigenvalue weighted by Crippen LogP contribution is 2.46. The number of halogens is 1. The smallest absolute Gasteiger partial charge is 0.270 e. The number of rotatable bonds is 4. The highest BCUT2D eigenvalue weighted by atomic mass is 79.9. The Kier molecular flexibility index (Phi) is 5.86. The summed E-state index contributed by atoms with van der Waals surface area (Å²) < 4.78 is 28.9. The zero-order valence-corrected chi connectivity index (χ0v) is 19.4. The van der Waals surface area contributed by atoms with Crippen molar-refractivity contribution >= 4 is 37.5 Å². The number of hydrogen-bond donors (Lipinski definition) is 0. The zero-order chi connectivity index (χ0) is 22.2. The molecule has 6 heteroatoms. The molecule has 1 unspecified atom stereocenters. The quantitative estimate of drug-likeness (QED) is 0.421. The molecule has 31 heavy (non-hydrogen) atoms. The maximum atomic E-state index is 13.6. The molecular formula is C25H22BrNO3S. The Balaban J connectivity index is 1.94. The fourth-order valence-electron chi connectivity index (χ4n) is 4.12. The molecule has 1 aliphatic heterocycles. The van der Waals surface area contributed by atoms with Crippen molar-refractivity contribution in [3.63, 3.8) is 0 Å². The third kappa shape index (κ3) is 3.98. The largest absolute Gasteiger partial charge is 0.273 e. The molecule has 4 rings (SSSR count). The molecule has 0 aliphatic carbocycles. The molecule has 0 bridgehead atoms. The van der Waals surface area contributed by atoms with Gasteiger partial charge in [-0.05, 0) is 42.3 Å². The van der Waals surface area contributed by atoms with Gasteiger partial charge in [0.05, 0.1) is 10.6 Å². The standard InChI is InChI=1S/C25H22BrNO3S/c1-3-21-22-14-11-19(26)15-24(22)27(31(29,30)20-12-9-17(2)10-13-20)25(28)16-23(21)18-7-5-4-6-8-18/h3-15,21,23H,1,16H2,2H3/t21?,23-/m1/s1. The monoisotopic (exact) mass is 495 g/mol. The Morgan fingerprint density at radius 1 is 1.03 bits per heavy atom. The van der Waals surface area contributed by atoms with E-state index >= 15 is 0 Å². The van der Waals surface area contributed by atoms with E-state index in [4.69, 9.17) is 0 Å². The summed E-state index contributed by atoms with van der Waals surface area (Å²) in [5.74, 6) is -0.893. The Labute approximate surface area is 191 Å². The van der Waals surface area contributed by atoms with Crippen molar-refractivity contribution in [1.29, 1.82) is 0 Å². The van der Waals surface area contributed by atoms with Gasteiger partial charge in [0, 0.05) is 22.7 Å². The molecule has 3 aromatic carbocycles. The van der Waals surface area contributed by atoms with Crippen LogP contribution in [0.2, 0.25) is 0 Å². The molecule has 1 amide bonds. The van der Waals surface area contributed by atoms with Crippen molar-refractivity contribution in [2.75, 3.05) is 4.31 Å². The molecule has 158 valence electrons. The summed E-state index contributed by atoms with van der Waals surface area (Å²) >= 11 is 3.44. The van der Waals surface area contributed by atoms with E-state index in [0.717, 1.165) is 21.0 Å². The van der Waals surface area contributed by atoms with Gasteiger partial charge < -0.3 is 0 Å². The minimum absolute atomic E-state index is 0.0537. The van der Waals surface area contributed by atoms with Crippen molar-refractivity contribution < 1.29 is 13.2 Å². The Bertz CT molecular complexity index is 1240. The number of allylic oxidation sites excluding steroid dienone is 1. The number of anilines is 1. The number of amides is 1. The Morgan fingerprint density at radius 2 is 1.71 bits per heavy atom. The van der Waals surface area contributed by atoms with Crippen LogP contribution >= 0.6 is 15.9 Å². The number of hydrogen-bond acceptors (Lipinski definition) is 3. The molecule has 2 atom stereocenters.